The van der Waals surface area contributed by atoms with Crippen LogP contribution in [0.4, 0.5) is 0 Å². The van der Waals surface area contributed by atoms with Gasteiger partial charge in [-0.15, -0.1) is 12.4 Å². The monoisotopic (exact) mass is 311 g/mol. The van der Waals surface area contributed by atoms with Crippen LogP contribution in [0, 0.1) is 0 Å². The molecular weight excluding hydrogens is 286 g/mol. The summed E-state index contributed by atoms with van der Waals surface area (Å²) >= 11 is 0. The van der Waals surface area contributed by atoms with Crippen LogP contribution < -0.4 is 5.32 Å². The van der Waals surface area contributed by atoms with Gasteiger partial charge in [0.2, 0.25) is 5.91 Å². The van der Waals surface area contributed by atoms with Gasteiger partial charge < -0.3 is 10.2 Å². The summed E-state index contributed by atoms with van der Waals surface area (Å²) in [6.45, 7) is 6.60. The number of hydrogen-bond donors (Lipinski definition) is 1. The number of benzene rings is 1. The summed E-state index contributed by atoms with van der Waals surface area (Å²) in [5, 5.41) is 3.36. The molecule has 0 radical (unpaired) electrons. The lowest BCUT2D eigenvalue weighted by atomic mass is 10.1. The molecule has 0 aliphatic carbocycles. The highest BCUT2D eigenvalue weighted by Gasteiger charge is 2.20. The van der Waals surface area contributed by atoms with E-state index in [1.54, 1.807) is 0 Å². The van der Waals surface area contributed by atoms with E-state index in [1.165, 1.54) is 5.56 Å². The van der Waals surface area contributed by atoms with E-state index in [1.807, 2.05) is 30.1 Å². The van der Waals surface area contributed by atoms with Crippen molar-refractivity contribution in [1.82, 2.24) is 15.1 Å². The molecule has 118 valence electrons. The Labute approximate surface area is 133 Å². The Morgan fingerprint density at radius 3 is 2.71 bits per heavy atom. The Hall–Kier alpha value is -1.10. The van der Waals surface area contributed by atoms with E-state index in [9.17, 15) is 4.79 Å². The fraction of sp³-hybridized carbons (Fsp3) is 0.562. The van der Waals surface area contributed by atoms with Gasteiger partial charge in [0.15, 0.2) is 0 Å². The van der Waals surface area contributed by atoms with E-state index in [-0.39, 0.29) is 24.4 Å². The van der Waals surface area contributed by atoms with Gasteiger partial charge in [-0.05, 0) is 32.0 Å². The third-order valence-corrected chi connectivity index (χ3v) is 4.05. The molecule has 1 unspecified atom stereocenters. The number of likely N-dealkylation sites (N-methyl/N-ethyl adjacent to an activating group) is 1. The highest BCUT2D eigenvalue weighted by Crippen LogP contribution is 2.18. The first kappa shape index (κ1) is 18.0. The van der Waals surface area contributed by atoms with E-state index in [0.29, 0.717) is 6.54 Å². The average Bonchev–Trinajstić information content (AvgIpc) is 2.75. The zero-order chi connectivity index (χ0) is 14.4. The maximum atomic E-state index is 12.4. The van der Waals surface area contributed by atoms with Crippen LogP contribution in [0.2, 0.25) is 0 Å². The van der Waals surface area contributed by atoms with Crippen molar-refractivity contribution in [3.05, 3.63) is 35.9 Å². The number of halogens is 1. The fourth-order valence-electron chi connectivity index (χ4n) is 2.53. The normalized spacial score (nSPS) is 17.4. The lowest BCUT2D eigenvalue weighted by Crippen LogP contribution is -2.40. The number of rotatable bonds is 4. The summed E-state index contributed by atoms with van der Waals surface area (Å²) < 4.78 is 0. The molecule has 1 aliphatic rings. The van der Waals surface area contributed by atoms with Crippen LogP contribution in [0.15, 0.2) is 30.3 Å². The molecule has 1 fully saturated rings. The Morgan fingerprint density at radius 1 is 1.29 bits per heavy atom. The van der Waals surface area contributed by atoms with Gasteiger partial charge in [-0.1, -0.05) is 30.3 Å². The van der Waals surface area contributed by atoms with E-state index in [4.69, 9.17) is 0 Å². The standard InChI is InChI=1S/C16H25N3O.ClH/c1-14(15-7-4-3-5-8-15)18(2)16(20)13-19-11-6-9-17-10-12-19;/h3-5,7-8,14,17H,6,9-13H2,1-2H3;1H. The average molecular weight is 312 g/mol. The molecule has 1 amide bonds. The third-order valence-electron chi connectivity index (χ3n) is 4.05. The number of carbonyl (C=O) groups is 1. The van der Waals surface area contributed by atoms with E-state index in [0.717, 1.165) is 32.6 Å². The smallest absolute Gasteiger partial charge is 0.236 e. The predicted molar refractivity (Wildman–Crippen MR) is 88.8 cm³/mol. The van der Waals surface area contributed by atoms with Crippen molar-refractivity contribution in [2.75, 3.05) is 39.8 Å². The first-order valence-electron chi connectivity index (χ1n) is 7.42. The Bertz CT molecular complexity index is 419. The Morgan fingerprint density at radius 2 is 2.00 bits per heavy atom. The van der Waals surface area contributed by atoms with Gasteiger partial charge in [0, 0.05) is 20.1 Å². The molecule has 0 aromatic heterocycles. The van der Waals surface area contributed by atoms with Crippen molar-refractivity contribution in [3.63, 3.8) is 0 Å². The molecule has 21 heavy (non-hydrogen) atoms. The number of nitrogens with zero attached hydrogens (tertiary/aromatic N) is 2. The minimum Gasteiger partial charge on any atom is -0.338 e. The van der Waals surface area contributed by atoms with Crippen LogP contribution in [0.3, 0.4) is 0 Å². The number of hydrogen-bond acceptors (Lipinski definition) is 3. The lowest BCUT2D eigenvalue weighted by molar-refractivity contribution is -0.133. The molecule has 1 heterocycles. The summed E-state index contributed by atoms with van der Waals surface area (Å²) in [7, 11) is 1.90. The molecule has 0 bridgehead atoms. The van der Waals surface area contributed by atoms with E-state index >= 15 is 0 Å². The summed E-state index contributed by atoms with van der Waals surface area (Å²) in [5.74, 6) is 0.197. The van der Waals surface area contributed by atoms with Crippen molar-refractivity contribution in [2.24, 2.45) is 0 Å². The number of amides is 1. The summed E-state index contributed by atoms with van der Waals surface area (Å²) in [6, 6.07) is 10.3. The van der Waals surface area contributed by atoms with Crippen molar-refractivity contribution in [2.45, 2.75) is 19.4 Å². The van der Waals surface area contributed by atoms with Crippen LogP contribution >= 0.6 is 12.4 Å². The van der Waals surface area contributed by atoms with Crippen molar-refractivity contribution in [3.8, 4) is 0 Å². The van der Waals surface area contributed by atoms with Crippen LogP contribution in [-0.2, 0) is 4.79 Å². The molecular formula is C16H26ClN3O. The molecule has 1 atom stereocenters. The van der Waals surface area contributed by atoms with Crippen molar-refractivity contribution < 1.29 is 4.79 Å². The lowest BCUT2D eigenvalue weighted by Gasteiger charge is -2.28. The van der Waals surface area contributed by atoms with Crippen LogP contribution in [0.25, 0.3) is 0 Å². The molecule has 2 rings (SSSR count). The first-order valence-corrected chi connectivity index (χ1v) is 7.42. The molecule has 1 saturated heterocycles. The van der Waals surface area contributed by atoms with Crippen LogP contribution in [0.5, 0.6) is 0 Å². The van der Waals surface area contributed by atoms with Gasteiger partial charge in [0.25, 0.3) is 0 Å². The quantitative estimate of drug-likeness (QED) is 0.923. The second-order valence-corrected chi connectivity index (χ2v) is 5.47. The van der Waals surface area contributed by atoms with Gasteiger partial charge in [-0.25, -0.2) is 0 Å². The highest BCUT2D eigenvalue weighted by molar-refractivity contribution is 5.85. The van der Waals surface area contributed by atoms with Gasteiger partial charge in [0.1, 0.15) is 0 Å². The maximum absolute atomic E-state index is 12.4. The van der Waals surface area contributed by atoms with Gasteiger partial charge in [0.05, 0.1) is 12.6 Å². The zero-order valence-corrected chi connectivity index (χ0v) is 13.7. The molecule has 1 aliphatic heterocycles. The topological polar surface area (TPSA) is 35.6 Å². The molecule has 4 nitrogen and oxygen atoms in total. The first-order chi connectivity index (χ1) is 9.68. The SMILES string of the molecule is CC(c1ccccc1)N(C)C(=O)CN1CCCNCC1.Cl. The maximum Gasteiger partial charge on any atom is 0.236 e. The summed E-state index contributed by atoms with van der Waals surface area (Å²) in [4.78, 5) is 16.5. The van der Waals surface area contributed by atoms with Gasteiger partial charge in [-0.2, -0.15) is 0 Å². The number of nitrogens with one attached hydrogen (secondary N) is 1. The minimum absolute atomic E-state index is 0. The van der Waals surface area contributed by atoms with Crippen molar-refractivity contribution >= 4 is 18.3 Å². The van der Waals surface area contributed by atoms with Crippen molar-refractivity contribution in [1.29, 1.82) is 0 Å². The molecule has 1 N–H and O–H groups in total. The molecule has 0 saturated carbocycles. The van der Waals surface area contributed by atoms with E-state index in [2.05, 4.69) is 29.3 Å². The molecule has 5 heteroatoms. The van der Waals surface area contributed by atoms with Crippen LogP contribution in [-0.4, -0.2) is 55.5 Å². The van der Waals surface area contributed by atoms with Crippen LogP contribution in [0.1, 0.15) is 24.9 Å². The molecule has 1 aromatic rings. The molecule has 1 aromatic carbocycles. The molecule has 0 spiro atoms. The fourth-order valence-corrected chi connectivity index (χ4v) is 2.53. The number of carbonyl (C=O) groups excluding carboxylic acids is 1. The van der Waals surface area contributed by atoms with E-state index < -0.39 is 0 Å². The second kappa shape index (κ2) is 9.03. The highest BCUT2D eigenvalue weighted by atomic mass is 35.5. The predicted octanol–water partition coefficient (Wildman–Crippen LogP) is 1.92. The minimum atomic E-state index is 0. The second-order valence-electron chi connectivity index (χ2n) is 5.47. The van der Waals surface area contributed by atoms with Gasteiger partial charge >= 0.3 is 0 Å². The largest absolute Gasteiger partial charge is 0.338 e. The summed E-state index contributed by atoms with van der Waals surface area (Å²) in [6.07, 6.45) is 1.12. The Kier molecular flexibility index (Phi) is 7.72. The summed E-state index contributed by atoms with van der Waals surface area (Å²) in [5.41, 5.74) is 1.18. The zero-order valence-electron chi connectivity index (χ0n) is 12.9. The van der Waals surface area contributed by atoms with Gasteiger partial charge in [-0.3, -0.25) is 9.69 Å². The Balaban J connectivity index is 0.00000220. The third kappa shape index (κ3) is 5.30.